The van der Waals surface area contributed by atoms with E-state index in [1.165, 1.54) is 0 Å². The maximum atomic E-state index is 6.75. The second-order valence-electron chi connectivity index (χ2n) is 1.83. The van der Waals surface area contributed by atoms with Crippen LogP contribution in [0.1, 0.15) is 11.1 Å². The Hall–Kier alpha value is -0.179. The molecule has 0 aliphatic heterocycles. The molecule has 0 N–H and O–H groups in total. The molecule has 1 aromatic rings. The molecule has 66 valence electrons. The molecule has 0 aliphatic carbocycles. The molecule has 0 saturated carbocycles. The van der Waals surface area contributed by atoms with Crippen molar-refractivity contribution in [1.29, 1.82) is 0 Å². The molecule has 0 radical (unpaired) electrons. The topological polar surface area (TPSA) is 0 Å². The Bertz CT molecular complexity index is 265. The van der Waals surface area contributed by atoms with Crippen molar-refractivity contribution in [2.75, 3.05) is 0 Å². The van der Waals surface area contributed by atoms with Crippen LogP contribution in [0.2, 0.25) is 0 Å². The maximum absolute atomic E-state index is 6.75. The van der Waals surface area contributed by atoms with E-state index in [1.807, 2.05) is 0 Å². The van der Waals surface area contributed by atoms with E-state index in [9.17, 15) is 0 Å². The molecule has 0 nitrogen and oxygen atoms in total. The standard InChI is InChI=1S/C10H4.2Au/c1-3-9-5-7-10(4-2)8-6-9;;/h5-8H;;/q-2;2*+1. The van der Waals surface area contributed by atoms with Gasteiger partial charge in [-0.3, -0.25) is 11.8 Å². The SMILES string of the molecule is [Au+].[Au+].[C-]#Cc1ccc(C#[C-])cc1. The zero-order valence-electron chi connectivity index (χ0n) is 5.91. The van der Waals surface area contributed by atoms with Crippen LogP contribution in [0.25, 0.3) is 0 Å². The minimum absolute atomic E-state index is 0. The molecule has 0 fully saturated rings. The van der Waals surface area contributed by atoms with Crippen molar-refractivity contribution in [3.8, 4) is 11.8 Å². The van der Waals surface area contributed by atoms with Gasteiger partial charge in [0.2, 0.25) is 0 Å². The van der Waals surface area contributed by atoms with Gasteiger partial charge in [0.05, 0.1) is 0 Å². The van der Waals surface area contributed by atoms with E-state index in [1.54, 1.807) is 24.3 Å². The average molecular weight is 518 g/mol. The average Bonchev–Trinajstić information content (AvgIpc) is 2.05. The third-order valence-electron chi connectivity index (χ3n) is 1.17. The zero-order chi connectivity index (χ0) is 7.40. The van der Waals surface area contributed by atoms with Crippen molar-refractivity contribution in [3.63, 3.8) is 0 Å². The summed E-state index contributed by atoms with van der Waals surface area (Å²) < 4.78 is 0. The van der Waals surface area contributed by atoms with Crippen molar-refractivity contribution >= 4 is 0 Å². The van der Waals surface area contributed by atoms with Gasteiger partial charge in [-0.1, -0.05) is 0 Å². The first-order valence-electron chi connectivity index (χ1n) is 2.82. The molecule has 0 spiro atoms. The first kappa shape index (κ1) is 14.4. The summed E-state index contributed by atoms with van der Waals surface area (Å²) in [6.07, 6.45) is 13.5. The predicted molar refractivity (Wildman–Crippen MR) is 38.9 cm³/mol. The molecule has 0 heterocycles. The van der Waals surface area contributed by atoms with Gasteiger partial charge < -0.3 is 12.8 Å². The van der Waals surface area contributed by atoms with Gasteiger partial charge in [-0.15, -0.1) is 35.4 Å². The fourth-order valence-electron chi connectivity index (χ4n) is 0.637. The molecule has 0 aliphatic rings. The molecule has 1 rings (SSSR count). The molecule has 0 unspecified atom stereocenters. The molecule has 0 saturated heterocycles. The smallest absolute Gasteiger partial charge is 0.366 e. The molecule has 0 bridgehead atoms. The summed E-state index contributed by atoms with van der Waals surface area (Å²) >= 11 is 0. The van der Waals surface area contributed by atoms with Crippen LogP contribution in [-0.2, 0) is 44.8 Å². The van der Waals surface area contributed by atoms with E-state index in [-0.39, 0.29) is 44.8 Å². The summed E-state index contributed by atoms with van der Waals surface area (Å²) in [5.41, 5.74) is 1.44. The van der Waals surface area contributed by atoms with Crippen LogP contribution in [0.3, 0.4) is 0 Å². The van der Waals surface area contributed by atoms with Crippen LogP contribution >= 0.6 is 0 Å². The second-order valence-corrected chi connectivity index (χ2v) is 1.83. The summed E-state index contributed by atoms with van der Waals surface area (Å²) in [7, 11) is 0. The van der Waals surface area contributed by atoms with Crippen molar-refractivity contribution in [3.05, 3.63) is 48.2 Å². The normalized spacial score (nSPS) is 6.50. The molecule has 2 heteroatoms. The minimum Gasteiger partial charge on any atom is -0.366 e. The fourth-order valence-corrected chi connectivity index (χ4v) is 0.637. The minimum atomic E-state index is 0. The van der Waals surface area contributed by atoms with E-state index in [0.29, 0.717) is 0 Å². The summed E-state index contributed by atoms with van der Waals surface area (Å²) in [6, 6.07) is 6.90. The number of hydrogen-bond acceptors (Lipinski definition) is 0. The van der Waals surface area contributed by atoms with Crippen LogP contribution in [0.5, 0.6) is 0 Å². The van der Waals surface area contributed by atoms with Crippen LogP contribution in [0.4, 0.5) is 0 Å². The molecular weight excluding hydrogens is 514 g/mol. The van der Waals surface area contributed by atoms with Crippen molar-refractivity contribution < 1.29 is 44.8 Å². The van der Waals surface area contributed by atoms with Crippen LogP contribution in [0, 0.1) is 24.7 Å². The van der Waals surface area contributed by atoms with Crippen LogP contribution in [-0.4, -0.2) is 0 Å². The van der Waals surface area contributed by atoms with E-state index in [0.717, 1.165) is 11.1 Å². The van der Waals surface area contributed by atoms with Gasteiger partial charge >= 0.3 is 44.8 Å². The summed E-state index contributed by atoms with van der Waals surface area (Å²) in [6.45, 7) is 0. The third-order valence-corrected chi connectivity index (χ3v) is 1.17. The first-order valence-corrected chi connectivity index (χ1v) is 2.82. The predicted octanol–water partition coefficient (Wildman–Crippen LogP) is 1.56. The molecular formula is C10H4Au2. The van der Waals surface area contributed by atoms with Crippen molar-refractivity contribution in [2.45, 2.75) is 0 Å². The van der Waals surface area contributed by atoms with Gasteiger partial charge in [0.1, 0.15) is 0 Å². The number of benzene rings is 1. The first-order chi connectivity index (χ1) is 4.86. The van der Waals surface area contributed by atoms with Gasteiger partial charge in [-0.05, 0) is 0 Å². The Balaban J connectivity index is 0. The molecule has 0 atom stereocenters. The Morgan fingerprint density at radius 2 is 1.00 bits per heavy atom. The van der Waals surface area contributed by atoms with Crippen LogP contribution in [0.15, 0.2) is 24.3 Å². The number of hydrogen-bond donors (Lipinski definition) is 0. The van der Waals surface area contributed by atoms with Crippen molar-refractivity contribution in [2.24, 2.45) is 0 Å². The van der Waals surface area contributed by atoms with E-state index in [2.05, 4.69) is 11.8 Å². The van der Waals surface area contributed by atoms with Gasteiger partial charge in [-0.25, -0.2) is 0 Å². The Morgan fingerprint density at radius 1 is 0.750 bits per heavy atom. The van der Waals surface area contributed by atoms with Gasteiger partial charge in [0.25, 0.3) is 0 Å². The van der Waals surface area contributed by atoms with E-state index in [4.69, 9.17) is 12.8 Å². The largest absolute Gasteiger partial charge is 1.00 e. The quantitative estimate of drug-likeness (QED) is 0.278. The Kier molecular flexibility index (Phi) is 8.93. The third kappa shape index (κ3) is 4.00. The number of rotatable bonds is 0. The van der Waals surface area contributed by atoms with Gasteiger partial charge in [-0.2, -0.15) is 0 Å². The summed E-state index contributed by atoms with van der Waals surface area (Å²) in [5, 5.41) is 0. The molecule has 1 aromatic carbocycles. The maximum Gasteiger partial charge on any atom is 1.00 e. The second kappa shape index (κ2) is 7.47. The molecule has 0 aromatic heterocycles. The van der Waals surface area contributed by atoms with Crippen molar-refractivity contribution in [1.82, 2.24) is 0 Å². The fraction of sp³-hybridized carbons (Fsp3) is 0. The van der Waals surface area contributed by atoms with E-state index < -0.39 is 0 Å². The summed E-state index contributed by atoms with van der Waals surface area (Å²) in [5.74, 6) is 4.48. The Morgan fingerprint density at radius 3 is 1.17 bits per heavy atom. The Labute approximate surface area is 104 Å². The van der Waals surface area contributed by atoms with E-state index >= 15 is 0 Å². The zero-order valence-corrected chi connectivity index (χ0v) is 10.2. The van der Waals surface area contributed by atoms with Crippen LogP contribution < -0.4 is 0 Å². The van der Waals surface area contributed by atoms with Gasteiger partial charge in [0, 0.05) is 0 Å². The monoisotopic (exact) mass is 518 g/mol. The summed E-state index contributed by atoms with van der Waals surface area (Å²) in [4.78, 5) is 0. The molecule has 0 amide bonds. The molecule has 12 heavy (non-hydrogen) atoms. The van der Waals surface area contributed by atoms with Gasteiger partial charge in [0.15, 0.2) is 0 Å².